The molecule has 15 heteroatoms. The molecule has 3 aromatic heterocycles. The lowest BCUT2D eigenvalue weighted by atomic mass is 10.0. The van der Waals surface area contributed by atoms with Crippen LogP contribution in [0.2, 0.25) is 0 Å². The molecular weight excluding hydrogens is 860 g/mol. The van der Waals surface area contributed by atoms with Gasteiger partial charge < -0.3 is 19.6 Å². The molecule has 6 rings (SSSR count). The molecule has 0 saturated heterocycles. The highest BCUT2D eigenvalue weighted by molar-refractivity contribution is 7.52. The van der Waals surface area contributed by atoms with Crippen LogP contribution in [0.25, 0.3) is 56.2 Å². The molecule has 0 aliphatic carbocycles. The lowest BCUT2D eigenvalue weighted by Crippen LogP contribution is -2.32. The predicted octanol–water partition coefficient (Wildman–Crippen LogP) is 11.4. The molecule has 4 N–H and O–H groups in total. The van der Waals surface area contributed by atoms with Gasteiger partial charge in [-0.1, -0.05) is 99.2 Å². The number of nitrogens with zero attached hydrogens (tertiary/aromatic N) is 4. The first-order chi connectivity index (χ1) is 30.6. The van der Waals surface area contributed by atoms with Crippen LogP contribution in [0.15, 0.2) is 128 Å². The van der Waals surface area contributed by atoms with Crippen LogP contribution in [0.3, 0.4) is 0 Å². The smallest absolute Gasteiger partial charge is 0.324 e. The average molecular weight is 917 g/mol. The number of aromatic nitrogens is 4. The van der Waals surface area contributed by atoms with Crippen molar-refractivity contribution in [2.75, 3.05) is 12.3 Å². The quantitative estimate of drug-likeness (QED) is 0.0282. The molecule has 0 fully saturated rings. The van der Waals surface area contributed by atoms with E-state index in [0.717, 1.165) is 123 Å². The third-order valence-corrected chi connectivity index (χ3v) is 13.0. The number of alkyl halides is 3. The fourth-order valence-electron chi connectivity index (χ4n) is 7.58. The summed E-state index contributed by atoms with van der Waals surface area (Å²) in [4.78, 5) is 45.7. The summed E-state index contributed by atoms with van der Waals surface area (Å²) in [6, 6.07) is 31.2. The number of rotatable bonds is 23. The minimum absolute atomic E-state index is 0.0407. The number of halogens is 3. The van der Waals surface area contributed by atoms with E-state index in [9.17, 15) is 22.3 Å². The summed E-state index contributed by atoms with van der Waals surface area (Å²) in [5, 5.41) is 0. The van der Waals surface area contributed by atoms with Gasteiger partial charge in [-0.05, 0) is 66.1 Å². The number of pyridine rings is 2. The van der Waals surface area contributed by atoms with Crippen LogP contribution in [0.5, 0.6) is 0 Å². The van der Waals surface area contributed by atoms with E-state index in [1.807, 2.05) is 54.6 Å². The second-order valence-corrected chi connectivity index (χ2v) is 19.9. The summed E-state index contributed by atoms with van der Waals surface area (Å²) in [6.45, 7) is 1.76. The Labute approximate surface area is 373 Å². The van der Waals surface area contributed by atoms with Gasteiger partial charge in [-0.3, -0.25) is 9.13 Å². The van der Waals surface area contributed by atoms with E-state index >= 15 is 0 Å². The number of hydrogen-bond acceptors (Lipinski definition) is 4. The minimum Gasteiger partial charge on any atom is -0.324 e. The molecule has 0 bridgehead atoms. The first kappa shape index (κ1) is 48.6. The molecule has 64 heavy (non-hydrogen) atoms. The van der Waals surface area contributed by atoms with Gasteiger partial charge in [0.05, 0.1) is 17.0 Å². The zero-order valence-corrected chi connectivity index (χ0v) is 37.6. The SMILES string of the molecule is O=P(O)(O)CCCCCCCC[n+]1ccc(-c2ccc(-c3cc(-c4ccc(-c5cc[n+](CCCCCCCCP(=O)(O)O)cc5)cc4)nc(-c4ccc(C(F)(F)F)cc4)n3)cc2)cc1. The van der Waals surface area contributed by atoms with Crippen molar-refractivity contribution in [3.63, 3.8) is 0 Å². The maximum atomic E-state index is 13.4. The molecule has 0 aliphatic heterocycles. The molecule has 0 aliphatic rings. The third kappa shape index (κ3) is 15.7. The van der Waals surface area contributed by atoms with E-state index < -0.39 is 26.9 Å². The van der Waals surface area contributed by atoms with Crippen molar-refractivity contribution < 1.29 is 51.0 Å². The zero-order chi connectivity index (χ0) is 45.6. The van der Waals surface area contributed by atoms with E-state index in [0.29, 0.717) is 35.6 Å². The molecule has 6 aromatic rings. The average Bonchev–Trinajstić information content (AvgIpc) is 3.27. The number of benzene rings is 3. The van der Waals surface area contributed by atoms with Crippen molar-refractivity contribution in [2.24, 2.45) is 0 Å². The summed E-state index contributed by atoms with van der Waals surface area (Å²) in [5.74, 6) is 0.314. The van der Waals surface area contributed by atoms with Crippen molar-refractivity contribution in [1.29, 1.82) is 0 Å². The molecule has 0 atom stereocenters. The second kappa shape index (κ2) is 22.8. The first-order valence-corrected chi connectivity index (χ1v) is 25.5. The largest absolute Gasteiger partial charge is 0.416 e. The second-order valence-electron chi connectivity index (χ2n) is 16.4. The summed E-state index contributed by atoms with van der Waals surface area (Å²) >= 11 is 0. The molecular formula is C49H57F3N4O6P2+2. The number of hydrogen-bond donors (Lipinski definition) is 4. The van der Waals surface area contributed by atoms with Gasteiger partial charge in [0.1, 0.15) is 13.1 Å². The fourth-order valence-corrected chi connectivity index (χ4v) is 8.85. The highest BCUT2D eigenvalue weighted by Crippen LogP contribution is 2.37. The molecule has 3 heterocycles. The van der Waals surface area contributed by atoms with Crippen LogP contribution in [0.4, 0.5) is 13.2 Å². The van der Waals surface area contributed by atoms with Crippen molar-refractivity contribution in [3.8, 4) is 56.2 Å². The minimum atomic E-state index is -4.46. The number of aryl methyl sites for hydroxylation is 2. The molecule has 0 saturated carbocycles. The predicted molar refractivity (Wildman–Crippen MR) is 244 cm³/mol. The lowest BCUT2D eigenvalue weighted by Gasteiger charge is -2.11. The van der Waals surface area contributed by atoms with E-state index in [1.54, 1.807) is 0 Å². The Hall–Kier alpha value is -4.87. The third-order valence-electron chi connectivity index (χ3n) is 11.2. The van der Waals surface area contributed by atoms with Crippen LogP contribution in [0, 0.1) is 0 Å². The first-order valence-electron chi connectivity index (χ1n) is 22.0. The summed E-state index contributed by atoms with van der Waals surface area (Å²) in [5.41, 5.74) is 6.82. The van der Waals surface area contributed by atoms with Gasteiger partial charge in [-0.15, -0.1) is 0 Å². The molecule has 338 valence electrons. The Morgan fingerprint density at radius 1 is 0.422 bits per heavy atom. The maximum Gasteiger partial charge on any atom is 0.416 e. The van der Waals surface area contributed by atoms with E-state index in [4.69, 9.17) is 29.5 Å². The van der Waals surface area contributed by atoms with Gasteiger partial charge in [0.25, 0.3) is 0 Å². The van der Waals surface area contributed by atoms with E-state index in [-0.39, 0.29) is 12.3 Å². The van der Waals surface area contributed by atoms with Crippen LogP contribution >= 0.6 is 15.2 Å². The topological polar surface area (TPSA) is 149 Å². The molecule has 0 amide bonds. The molecule has 3 aromatic carbocycles. The zero-order valence-electron chi connectivity index (χ0n) is 35.9. The summed E-state index contributed by atoms with van der Waals surface area (Å²) < 4.78 is 66.6. The van der Waals surface area contributed by atoms with Crippen molar-refractivity contribution in [3.05, 3.63) is 133 Å². The normalized spacial score (nSPS) is 12.2. The van der Waals surface area contributed by atoms with E-state index in [2.05, 4.69) is 58.2 Å². The van der Waals surface area contributed by atoms with Crippen molar-refractivity contribution >= 4 is 15.2 Å². The summed E-state index contributed by atoms with van der Waals surface area (Å²) in [6.07, 6.45) is 14.6. The number of unbranched alkanes of at least 4 members (excludes halogenated alkanes) is 10. The Bertz CT molecular complexity index is 2330. The van der Waals surface area contributed by atoms with Gasteiger partial charge in [-0.2, -0.15) is 13.2 Å². The maximum absolute atomic E-state index is 13.4. The standard InChI is InChI=1S/C49H55F3N4O6P2/c50-49(51,52)45-23-21-44(22-24-45)48-53-46(42-17-13-38(14-18-42)40-25-31-55(32-26-40)29-9-5-1-3-7-11-35-63(57,58)59)37-47(54-48)43-19-15-39(16-20-43)41-27-33-56(34-28-41)30-10-6-2-4-8-12-36-64(60,61)62/h13-28,31-34,37H,1-12,29-30,35-36H2,(H2-2,57,58,59,60,61,62)/p+2. The molecule has 0 spiro atoms. The van der Waals surface area contributed by atoms with Gasteiger partial charge in [0, 0.05) is 66.1 Å². The van der Waals surface area contributed by atoms with Crippen LogP contribution < -0.4 is 9.13 Å². The van der Waals surface area contributed by atoms with Gasteiger partial charge in [0.2, 0.25) is 0 Å². The monoisotopic (exact) mass is 916 g/mol. The Morgan fingerprint density at radius 3 is 1.09 bits per heavy atom. The van der Waals surface area contributed by atoms with Crippen LogP contribution in [-0.4, -0.2) is 41.9 Å². The van der Waals surface area contributed by atoms with Gasteiger partial charge in [-0.25, -0.2) is 19.1 Å². The Morgan fingerprint density at radius 2 is 0.734 bits per heavy atom. The van der Waals surface area contributed by atoms with E-state index in [1.165, 1.54) is 12.1 Å². The summed E-state index contributed by atoms with van der Waals surface area (Å²) in [7, 11) is -7.80. The Balaban J connectivity index is 1.10. The van der Waals surface area contributed by atoms with Crippen LogP contribution in [0.1, 0.15) is 82.6 Å². The Kier molecular flexibility index (Phi) is 17.3. The van der Waals surface area contributed by atoms with Crippen molar-refractivity contribution in [2.45, 2.75) is 96.3 Å². The highest BCUT2D eigenvalue weighted by Gasteiger charge is 2.30. The highest BCUT2D eigenvalue weighted by atomic mass is 31.2. The lowest BCUT2D eigenvalue weighted by molar-refractivity contribution is -0.697. The van der Waals surface area contributed by atoms with Gasteiger partial charge in [0.15, 0.2) is 30.6 Å². The fraction of sp³-hybridized carbons (Fsp3) is 0.347. The van der Waals surface area contributed by atoms with Gasteiger partial charge >= 0.3 is 21.4 Å². The molecule has 0 unspecified atom stereocenters. The van der Waals surface area contributed by atoms with Crippen LogP contribution in [-0.2, 0) is 28.4 Å². The van der Waals surface area contributed by atoms with Crippen molar-refractivity contribution in [1.82, 2.24) is 9.97 Å². The molecule has 0 radical (unpaired) electrons. The molecule has 10 nitrogen and oxygen atoms in total.